The summed E-state index contributed by atoms with van der Waals surface area (Å²) in [5.41, 5.74) is 3.43. The summed E-state index contributed by atoms with van der Waals surface area (Å²) < 4.78 is 34.6. The lowest BCUT2D eigenvalue weighted by molar-refractivity contribution is 0.178. The third-order valence-electron chi connectivity index (χ3n) is 5.83. The standard InChI is InChI=1S/C22H27N3O4S/c1-16-4-3-5-18(12-16)15-25-10-8-17(9-11-25)14-23-30(27,28)19-6-7-20-21(13-19)29-22(26)24(20)2/h3-7,12-13,17,23H,8-11,14-15H2,1-2H3. The molecule has 7 nitrogen and oxygen atoms in total. The van der Waals surface area contributed by atoms with Crippen LogP contribution in [-0.4, -0.2) is 37.5 Å². The minimum absolute atomic E-state index is 0.112. The summed E-state index contributed by atoms with van der Waals surface area (Å²) in [5, 5.41) is 0. The molecule has 0 radical (unpaired) electrons. The number of aromatic nitrogens is 1. The minimum atomic E-state index is -3.66. The number of oxazole rings is 1. The van der Waals surface area contributed by atoms with Gasteiger partial charge in [0.05, 0.1) is 10.4 Å². The van der Waals surface area contributed by atoms with E-state index in [2.05, 4.69) is 40.8 Å². The van der Waals surface area contributed by atoms with Crippen LogP contribution in [0.3, 0.4) is 0 Å². The lowest BCUT2D eigenvalue weighted by Crippen LogP contribution is -2.38. The van der Waals surface area contributed by atoms with Crippen LogP contribution in [0.15, 0.2) is 56.6 Å². The maximum Gasteiger partial charge on any atom is 0.419 e. The van der Waals surface area contributed by atoms with Crippen LogP contribution < -0.4 is 10.5 Å². The minimum Gasteiger partial charge on any atom is -0.408 e. The van der Waals surface area contributed by atoms with Crippen molar-refractivity contribution in [2.24, 2.45) is 13.0 Å². The van der Waals surface area contributed by atoms with Crippen LogP contribution in [0.25, 0.3) is 11.1 Å². The molecular formula is C22H27N3O4S. The molecule has 0 atom stereocenters. The molecule has 4 rings (SSSR count). The fourth-order valence-electron chi connectivity index (χ4n) is 4.01. The zero-order valence-corrected chi connectivity index (χ0v) is 18.1. The SMILES string of the molecule is Cc1cccc(CN2CCC(CNS(=O)(=O)c3ccc4c(c3)oc(=O)n4C)CC2)c1. The number of nitrogens with zero attached hydrogens (tertiary/aromatic N) is 2. The molecule has 0 spiro atoms. The van der Waals surface area contributed by atoms with Gasteiger partial charge in [-0.25, -0.2) is 17.9 Å². The number of rotatable bonds is 6. The zero-order valence-electron chi connectivity index (χ0n) is 17.3. The third kappa shape index (κ3) is 4.50. The van der Waals surface area contributed by atoms with Gasteiger partial charge in [0.25, 0.3) is 0 Å². The van der Waals surface area contributed by atoms with Gasteiger partial charge in [-0.05, 0) is 56.5 Å². The van der Waals surface area contributed by atoms with Gasteiger partial charge in [-0.1, -0.05) is 29.8 Å². The summed E-state index contributed by atoms with van der Waals surface area (Å²) in [4.78, 5) is 14.2. The molecule has 30 heavy (non-hydrogen) atoms. The predicted octanol–water partition coefficient (Wildman–Crippen LogP) is 2.63. The highest BCUT2D eigenvalue weighted by molar-refractivity contribution is 7.89. The molecule has 1 N–H and O–H groups in total. The van der Waals surface area contributed by atoms with E-state index in [0.717, 1.165) is 32.5 Å². The van der Waals surface area contributed by atoms with Crippen molar-refractivity contribution in [1.82, 2.24) is 14.2 Å². The van der Waals surface area contributed by atoms with Gasteiger partial charge in [0.2, 0.25) is 10.0 Å². The number of aryl methyl sites for hydroxylation is 2. The number of hydrogen-bond acceptors (Lipinski definition) is 5. The molecule has 1 aromatic heterocycles. The number of sulfonamides is 1. The van der Waals surface area contributed by atoms with E-state index in [1.165, 1.54) is 27.8 Å². The van der Waals surface area contributed by atoms with E-state index in [1.807, 2.05) is 0 Å². The summed E-state index contributed by atoms with van der Waals surface area (Å²) in [5.74, 6) is -0.197. The maximum atomic E-state index is 12.7. The molecule has 2 aromatic carbocycles. The Morgan fingerprint density at radius 3 is 2.63 bits per heavy atom. The predicted molar refractivity (Wildman–Crippen MR) is 116 cm³/mol. The Balaban J connectivity index is 1.33. The van der Waals surface area contributed by atoms with E-state index in [9.17, 15) is 13.2 Å². The van der Waals surface area contributed by atoms with Gasteiger partial charge in [0.15, 0.2) is 5.58 Å². The molecule has 0 unspecified atom stereocenters. The largest absolute Gasteiger partial charge is 0.419 e. The lowest BCUT2D eigenvalue weighted by Gasteiger charge is -2.32. The Labute approximate surface area is 176 Å². The number of piperidine rings is 1. The monoisotopic (exact) mass is 429 g/mol. The fraction of sp³-hybridized carbons (Fsp3) is 0.409. The first-order valence-electron chi connectivity index (χ1n) is 10.2. The second kappa shape index (κ2) is 8.37. The van der Waals surface area contributed by atoms with Gasteiger partial charge in [0, 0.05) is 26.2 Å². The Hall–Kier alpha value is -2.42. The second-order valence-corrected chi connectivity index (χ2v) is 9.88. The van der Waals surface area contributed by atoms with Crippen molar-refractivity contribution < 1.29 is 12.8 Å². The topological polar surface area (TPSA) is 84.6 Å². The molecular weight excluding hydrogens is 402 g/mol. The molecule has 1 saturated heterocycles. The average Bonchev–Trinajstić information content (AvgIpc) is 3.01. The highest BCUT2D eigenvalue weighted by Crippen LogP contribution is 2.21. The Morgan fingerprint density at radius 2 is 1.90 bits per heavy atom. The van der Waals surface area contributed by atoms with Crippen molar-refractivity contribution in [2.45, 2.75) is 31.2 Å². The van der Waals surface area contributed by atoms with Gasteiger partial charge in [0.1, 0.15) is 0 Å². The molecule has 0 saturated carbocycles. The second-order valence-electron chi connectivity index (χ2n) is 8.12. The molecule has 1 aliphatic heterocycles. The summed E-state index contributed by atoms with van der Waals surface area (Å²) in [7, 11) is -2.07. The lowest BCUT2D eigenvalue weighted by atomic mass is 9.97. The summed E-state index contributed by atoms with van der Waals surface area (Å²) in [6.07, 6.45) is 1.92. The van der Waals surface area contributed by atoms with Gasteiger partial charge in [-0.2, -0.15) is 0 Å². The van der Waals surface area contributed by atoms with Gasteiger partial charge in [-0.3, -0.25) is 9.47 Å². The molecule has 1 fully saturated rings. The van der Waals surface area contributed by atoms with Crippen molar-refractivity contribution in [3.05, 3.63) is 64.1 Å². The van der Waals surface area contributed by atoms with Crippen LogP contribution in [0, 0.1) is 12.8 Å². The van der Waals surface area contributed by atoms with E-state index in [-0.39, 0.29) is 10.5 Å². The summed E-state index contributed by atoms with van der Waals surface area (Å²) in [6, 6.07) is 13.1. The number of benzene rings is 2. The number of likely N-dealkylation sites (tertiary alicyclic amines) is 1. The summed E-state index contributed by atoms with van der Waals surface area (Å²) >= 11 is 0. The molecule has 1 aliphatic rings. The quantitative estimate of drug-likeness (QED) is 0.651. The van der Waals surface area contributed by atoms with Crippen LogP contribution in [0.1, 0.15) is 24.0 Å². The van der Waals surface area contributed by atoms with Crippen molar-refractivity contribution in [2.75, 3.05) is 19.6 Å². The first-order valence-corrected chi connectivity index (χ1v) is 11.7. The Morgan fingerprint density at radius 1 is 1.13 bits per heavy atom. The Bertz CT molecular complexity index is 1200. The van der Waals surface area contributed by atoms with Crippen LogP contribution in [0.2, 0.25) is 0 Å². The van der Waals surface area contributed by atoms with Gasteiger partial charge >= 0.3 is 5.76 Å². The smallest absolute Gasteiger partial charge is 0.408 e. The van der Waals surface area contributed by atoms with Gasteiger partial charge in [-0.15, -0.1) is 0 Å². The Kier molecular flexibility index (Phi) is 5.81. The van der Waals surface area contributed by atoms with E-state index < -0.39 is 15.8 Å². The number of hydrogen-bond donors (Lipinski definition) is 1. The maximum absolute atomic E-state index is 12.7. The van der Waals surface area contributed by atoms with Crippen molar-refractivity contribution in [3.8, 4) is 0 Å². The van der Waals surface area contributed by atoms with E-state index in [1.54, 1.807) is 13.1 Å². The average molecular weight is 430 g/mol. The molecule has 8 heteroatoms. The van der Waals surface area contributed by atoms with E-state index in [0.29, 0.717) is 18.0 Å². The third-order valence-corrected chi connectivity index (χ3v) is 7.25. The first-order chi connectivity index (χ1) is 14.3. The van der Waals surface area contributed by atoms with E-state index in [4.69, 9.17) is 4.42 Å². The number of nitrogens with one attached hydrogen (secondary N) is 1. The number of fused-ring (bicyclic) bond motifs is 1. The molecule has 0 aliphatic carbocycles. The zero-order chi connectivity index (χ0) is 21.3. The summed E-state index contributed by atoms with van der Waals surface area (Å²) in [6.45, 7) is 5.37. The normalized spacial score (nSPS) is 16.3. The molecule has 0 amide bonds. The van der Waals surface area contributed by atoms with Crippen molar-refractivity contribution in [3.63, 3.8) is 0 Å². The van der Waals surface area contributed by atoms with Crippen LogP contribution in [0.4, 0.5) is 0 Å². The molecule has 2 heterocycles. The highest BCUT2D eigenvalue weighted by atomic mass is 32.2. The highest BCUT2D eigenvalue weighted by Gasteiger charge is 2.23. The first kappa shape index (κ1) is 20.8. The van der Waals surface area contributed by atoms with Crippen LogP contribution in [0.5, 0.6) is 0 Å². The van der Waals surface area contributed by atoms with Gasteiger partial charge < -0.3 is 4.42 Å². The molecule has 3 aromatic rings. The molecule has 160 valence electrons. The molecule has 0 bridgehead atoms. The van der Waals surface area contributed by atoms with Crippen molar-refractivity contribution in [1.29, 1.82) is 0 Å². The van der Waals surface area contributed by atoms with Crippen LogP contribution in [-0.2, 0) is 23.6 Å². The van der Waals surface area contributed by atoms with Crippen molar-refractivity contribution >= 4 is 21.1 Å². The fourth-order valence-corrected chi connectivity index (χ4v) is 5.14. The van der Waals surface area contributed by atoms with Crippen LogP contribution >= 0.6 is 0 Å². The van der Waals surface area contributed by atoms with E-state index >= 15 is 0 Å².